The first kappa shape index (κ1) is 15.0. The van der Waals surface area contributed by atoms with Crippen LogP contribution in [0.4, 0.5) is 0 Å². The molecule has 1 saturated carbocycles. The van der Waals surface area contributed by atoms with Crippen LogP contribution in [0.3, 0.4) is 0 Å². The summed E-state index contributed by atoms with van der Waals surface area (Å²) >= 11 is 1.68. The molecule has 2 heterocycles. The number of likely N-dealkylation sites (tertiary alicyclic amines) is 1. The first-order valence-electron chi connectivity index (χ1n) is 8.06. The van der Waals surface area contributed by atoms with Crippen LogP contribution in [0.2, 0.25) is 0 Å². The number of hydrogen-bond acceptors (Lipinski definition) is 4. The van der Waals surface area contributed by atoms with Gasteiger partial charge in [0.2, 0.25) is 5.91 Å². The number of carbonyl (C=O) groups excluding carboxylic acids is 1. The van der Waals surface area contributed by atoms with Gasteiger partial charge in [-0.3, -0.25) is 4.79 Å². The third-order valence-electron chi connectivity index (χ3n) is 4.84. The summed E-state index contributed by atoms with van der Waals surface area (Å²) in [5, 5.41) is 13.7. The number of rotatable bonds is 3. The van der Waals surface area contributed by atoms with E-state index in [4.69, 9.17) is 0 Å². The van der Waals surface area contributed by atoms with Crippen molar-refractivity contribution in [3.8, 4) is 0 Å². The Balaban J connectivity index is 1.59. The lowest BCUT2D eigenvalue weighted by molar-refractivity contribution is -0.139. The molecule has 1 aliphatic carbocycles. The van der Waals surface area contributed by atoms with Crippen LogP contribution in [-0.2, 0) is 4.79 Å². The topological polar surface area (TPSA) is 53.4 Å². The van der Waals surface area contributed by atoms with Crippen LogP contribution >= 0.6 is 11.3 Å². The Morgan fingerprint density at radius 3 is 2.90 bits per heavy atom. The molecule has 1 amide bonds. The number of thiazole rings is 1. The molecule has 1 aromatic heterocycles. The van der Waals surface area contributed by atoms with E-state index in [-0.39, 0.29) is 5.91 Å². The molecular formula is C16H24N2O2S. The average Bonchev–Trinajstić information content (AvgIpc) is 3.02. The Hall–Kier alpha value is -0.940. The highest BCUT2D eigenvalue weighted by atomic mass is 32.1. The van der Waals surface area contributed by atoms with Crippen molar-refractivity contribution in [1.29, 1.82) is 0 Å². The van der Waals surface area contributed by atoms with E-state index < -0.39 is 5.60 Å². The lowest BCUT2D eigenvalue weighted by Gasteiger charge is -2.36. The van der Waals surface area contributed by atoms with Gasteiger partial charge in [0.15, 0.2) is 0 Å². The molecule has 1 N–H and O–H groups in total. The van der Waals surface area contributed by atoms with Crippen LogP contribution in [-0.4, -0.2) is 39.6 Å². The molecule has 1 atom stereocenters. The molecule has 4 nitrogen and oxygen atoms in total. The number of piperidine rings is 1. The molecule has 1 aliphatic heterocycles. The Morgan fingerprint density at radius 2 is 2.19 bits per heavy atom. The van der Waals surface area contributed by atoms with Crippen LogP contribution in [0.5, 0.6) is 0 Å². The molecule has 5 heteroatoms. The second-order valence-corrected chi connectivity index (χ2v) is 7.44. The Labute approximate surface area is 130 Å². The lowest BCUT2D eigenvalue weighted by Crippen LogP contribution is -2.44. The van der Waals surface area contributed by atoms with Crippen molar-refractivity contribution in [1.82, 2.24) is 9.88 Å². The molecular weight excluding hydrogens is 284 g/mol. The summed E-state index contributed by atoms with van der Waals surface area (Å²) in [4.78, 5) is 18.9. The molecule has 0 spiro atoms. The molecule has 0 bridgehead atoms. The van der Waals surface area contributed by atoms with E-state index in [1.807, 2.05) is 16.5 Å². The van der Waals surface area contributed by atoms with Crippen LogP contribution in [0, 0.1) is 0 Å². The standard InChI is InChI=1S/C16H24N2O2S/c19-14(11-16(20)6-2-1-3-7-16)18-9-4-5-13(12-18)15-17-8-10-21-15/h8,10,13,20H,1-7,9,11-12H2. The second-order valence-electron chi connectivity index (χ2n) is 6.51. The zero-order chi connectivity index (χ0) is 14.7. The molecule has 21 heavy (non-hydrogen) atoms. The fraction of sp³-hybridized carbons (Fsp3) is 0.750. The fourth-order valence-electron chi connectivity index (χ4n) is 3.62. The van der Waals surface area contributed by atoms with Crippen molar-refractivity contribution in [3.05, 3.63) is 16.6 Å². The van der Waals surface area contributed by atoms with Crippen molar-refractivity contribution < 1.29 is 9.90 Å². The van der Waals surface area contributed by atoms with Gasteiger partial charge in [-0.05, 0) is 25.7 Å². The Kier molecular flexibility index (Phi) is 4.60. The van der Waals surface area contributed by atoms with Gasteiger partial charge in [0, 0.05) is 30.6 Å². The first-order chi connectivity index (χ1) is 10.2. The Morgan fingerprint density at radius 1 is 1.38 bits per heavy atom. The summed E-state index contributed by atoms with van der Waals surface area (Å²) in [6, 6.07) is 0. The molecule has 0 radical (unpaired) electrons. The summed E-state index contributed by atoms with van der Waals surface area (Å²) < 4.78 is 0. The quantitative estimate of drug-likeness (QED) is 0.934. The maximum Gasteiger partial charge on any atom is 0.225 e. The van der Waals surface area contributed by atoms with Gasteiger partial charge in [-0.15, -0.1) is 11.3 Å². The predicted octanol–water partition coefficient (Wildman–Crippen LogP) is 2.93. The molecule has 1 unspecified atom stereocenters. The van der Waals surface area contributed by atoms with Crippen molar-refractivity contribution in [3.63, 3.8) is 0 Å². The number of amides is 1. The van der Waals surface area contributed by atoms with Gasteiger partial charge < -0.3 is 10.0 Å². The molecule has 2 aliphatic rings. The monoisotopic (exact) mass is 308 g/mol. The van der Waals surface area contributed by atoms with E-state index in [0.717, 1.165) is 56.6 Å². The van der Waals surface area contributed by atoms with E-state index in [0.29, 0.717) is 12.3 Å². The maximum absolute atomic E-state index is 12.5. The van der Waals surface area contributed by atoms with Crippen molar-refractivity contribution >= 4 is 17.2 Å². The number of aliphatic hydroxyl groups is 1. The van der Waals surface area contributed by atoms with Gasteiger partial charge >= 0.3 is 0 Å². The molecule has 1 aromatic rings. The number of nitrogens with zero attached hydrogens (tertiary/aromatic N) is 2. The van der Waals surface area contributed by atoms with Gasteiger partial charge in [0.05, 0.1) is 17.0 Å². The van der Waals surface area contributed by atoms with Crippen molar-refractivity contribution in [2.75, 3.05) is 13.1 Å². The summed E-state index contributed by atoms with van der Waals surface area (Å²) in [7, 11) is 0. The highest BCUT2D eigenvalue weighted by Gasteiger charge is 2.35. The van der Waals surface area contributed by atoms with E-state index in [1.54, 1.807) is 11.3 Å². The van der Waals surface area contributed by atoms with Gasteiger partial charge in [-0.2, -0.15) is 0 Å². The summed E-state index contributed by atoms with van der Waals surface area (Å²) in [5.41, 5.74) is -0.747. The highest BCUT2D eigenvalue weighted by molar-refractivity contribution is 7.09. The minimum absolute atomic E-state index is 0.126. The molecule has 0 aromatic carbocycles. The van der Waals surface area contributed by atoms with Crippen LogP contribution < -0.4 is 0 Å². The van der Waals surface area contributed by atoms with Crippen LogP contribution in [0.1, 0.15) is 62.3 Å². The number of aromatic nitrogens is 1. The molecule has 2 fully saturated rings. The SMILES string of the molecule is O=C(CC1(O)CCCCC1)N1CCCC(c2nccs2)C1. The van der Waals surface area contributed by atoms with Gasteiger partial charge in [0.25, 0.3) is 0 Å². The van der Waals surface area contributed by atoms with E-state index in [9.17, 15) is 9.90 Å². The molecule has 116 valence electrons. The van der Waals surface area contributed by atoms with E-state index >= 15 is 0 Å². The fourth-order valence-corrected chi connectivity index (χ4v) is 4.39. The summed E-state index contributed by atoms with van der Waals surface area (Å²) in [6.07, 6.45) is 9.13. The zero-order valence-electron chi connectivity index (χ0n) is 12.5. The van der Waals surface area contributed by atoms with Gasteiger partial charge in [-0.1, -0.05) is 19.3 Å². The normalized spacial score (nSPS) is 25.8. The molecule has 1 saturated heterocycles. The largest absolute Gasteiger partial charge is 0.389 e. The minimum atomic E-state index is -0.747. The van der Waals surface area contributed by atoms with Crippen molar-refractivity contribution in [2.24, 2.45) is 0 Å². The highest BCUT2D eigenvalue weighted by Crippen LogP contribution is 2.33. The second kappa shape index (κ2) is 6.44. The lowest BCUT2D eigenvalue weighted by atomic mass is 9.82. The third kappa shape index (κ3) is 3.64. The Bertz CT molecular complexity index is 469. The molecule has 3 rings (SSSR count). The summed E-state index contributed by atoms with van der Waals surface area (Å²) in [6.45, 7) is 1.60. The van der Waals surface area contributed by atoms with Crippen LogP contribution in [0.15, 0.2) is 11.6 Å². The number of hydrogen-bond donors (Lipinski definition) is 1. The smallest absolute Gasteiger partial charge is 0.225 e. The first-order valence-corrected chi connectivity index (χ1v) is 8.94. The van der Waals surface area contributed by atoms with Gasteiger partial charge in [0.1, 0.15) is 0 Å². The third-order valence-corrected chi connectivity index (χ3v) is 5.78. The van der Waals surface area contributed by atoms with E-state index in [2.05, 4.69) is 4.98 Å². The predicted molar refractivity (Wildman–Crippen MR) is 83.3 cm³/mol. The maximum atomic E-state index is 12.5. The zero-order valence-corrected chi connectivity index (χ0v) is 13.3. The summed E-state index contributed by atoms with van der Waals surface area (Å²) in [5.74, 6) is 0.504. The van der Waals surface area contributed by atoms with Crippen LogP contribution in [0.25, 0.3) is 0 Å². The van der Waals surface area contributed by atoms with E-state index in [1.165, 1.54) is 6.42 Å². The van der Waals surface area contributed by atoms with Gasteiger partial charge in [-0.25, -0.2) is 4.98 Å². The average molecular weight is 308 g/mol. The minimum Gasteiger partial charge on any atom is -0.389 e. The van der Waals surface area contributed by atoms with Crippen molar-refractivity contribution in [2.45, 2.75) is 62.9 Å². The number of carbonyl (C=O) groups is 1.